The molecule has 1 aromatic carbocycles. The maximum Gasteiger partial charge on any atom is 0.103 e. The number of hydrogen-bond acceptors (Lipinski definition) is 4. The molecule has 21 heavy (non-hydrogen) atoms. The van der Waals surface area contributed by atoms with Crippen molar-refractivity contribution in [2.75, 3.05) is 46.8 Å². The van der Waals surface area contributed by atoms with E-state index >= 15 is 0 Å². The summed E-state index contributed by atoms with van der Waals surface area (Å²) >= 11 is 0. The fraction of sp³-hybridized carbons (Fsp3) is 0.647. The van der Waals surface area contributed by atoms with Crippen molar-refractivity contribution < 1.29 is 5.11 Å². The summed E-state index contributed by atoms with van der Waals surface area (Å²) in [5, 5.41) is 10.8. The van der Waals surface area contributed by atoms with Crippen LogP contribution < -0.4 is 5.73 Å². The molecule has 3 N–H and O–H groups in total. The van der Waals surface area contributed by atoms with Crippen LogP contribution in [0.15, 0.2) is 30.3 Å². The first-order valence-corrected chi connectivity index (χ1v) is 7.87. The van der Waals surface area contributed by atoms with E-state index in [9.17, 15) is 5.11 Å². The number of aliphatic hydroxyl groups is 1. The molecule has 1 unspecified atom stereocenters. The van der Waals surface area contributed by atoms with Crippen LogP contribution in [0.3, 0.4) is 0 Å². The molecule has 0 fully saturated rings. The Morgan fingerprint density at radius 1 is 1.10 bits per heavy atom. The van der Waals surface area contributed by atoms with E-state index in [2.05, 4.69) is 30.8 Å². The Kier molecular flexibility index (Phi) is 7.89. The molecule has 0 aliphatic heterocycles. The lowest BCUT2D eigenvalue weighted by molar-refractivity contribution is 0.0259. The average Bonchev–Trinajstić information content (AvgIpc) is 2.51. The molecule has 0 saturated carbocycles. The fourth-order valence-corrected chi connectivity index (χ4v) is 2.49. The van der Waals surface area contributed by atoms with Crippen molar-refractivity contribution in [1.82, 2.24) is 9.80 Å². The fourth-order valence-electron chi connectivity index (χ4n) is 2.49. The number of hydrogen-bond donors (Lipinski definition) is 2. The lowest BCUT2D eigenvalue weighted by Crippen LogP contribution is -2.39. The molecule has 4 nitrogen and oxygen atoms in total. The van der Waals surface area contributed by atoms with Crippen molar-refractivity contribution in [3.8, 4) is 0 Å². The van der Waals surface area contributed by atoms with Gasteiger partial charge in [0.25, 0.3) is 0 Å². The third-order valence-corrected chi connectivity index (χ3v) is 4.02. The maximum atomic E-state index is 10.8. The van der Waals surface area contributed by atoms with E-state index < -0.39 is 5.60 Å². The van der Waals surface area contributed by atoms with Crippen LogP contribution in [0.5, 0.6) is 0 Å². The van der Waals surface area contributed by atoms with Gasteiger partial charge in [0.15, 0.2) is 0 Å². The largest absolute Gasteiger partial charge is 0.384 e. The zero-order valence-corrected chi connectivity index (χ0v) is 13.8. The first kappa shape index (κ1) is 18.1. The Balaban J connectivity index is 2.52. The van der Waals surface area contributed by atoms with Crippen LogP contribution in [-0.4, -0.2) is 61.7 Å². The Morgan fingerprint density at radius 2 is 1.76 bits per heavy atom. The number of nitrogens with zero attached hydrogens (tertiary/aromatic N) is 2. The molecule has 1 atom stereocenters. The van der Waals surface area contributed by atoms with Gasteiger partial charge < -0.3 is 20.6 Å². The van der Waals surface area contributed by atoms with Crippen molar-refractivity contribution in [2.45, 2.75) is 25.4 Å². The van der Waals surface area contributed by atoms with E-state index in [1.54, 1.807) is 0 Å². The van der Waals surface area contributed by atoms with E-state index in [1.807, 2.05) is 30.3 Å². The summed E-state index contributed by atoms with van der Waals surface area (Å²) in [6.45, 7) is 6.45. The Bertz CT molecular complexity index is 383. The van der Waals surface area contributed by atoms with Gasteiger partial charge >= 0.3 is 0 Å². The van der Waals surface area contributed by atoms with Crippen LogP contribution >= 0.6 is 0 Å². The van der Waals surface area contributed by atoms with E-state index in [0.29, 0.717) is 6.42 Å². The van der Waals surface area contributed by atoms with Crippen LogP contribution in [0, 0.1) is 0 Å². The van der Waals surface area contributed by atoms with E-state index in [4.69, 9.17) is 5.73 Å². The molecule has 0 heterocycles. The summed E-state index contributed by atoms with van der Waals surface area (Å²) < 4.78 is 0. The lowest BCUT2D eigenvalue weighted by atomic mass is 9.90. The highest BCUT2D eigenvalue weighted by molar-refractivity contribution is 5.22. The monoisotopic (exact) mass is 293 g/mol. The Labute approximate surface area is 129 Å². The van der Waals surface area contributed by atoms with Gasteiger partial charge in [-0.05, 0) is 52.1 Å². The van der Waals surface area contributed by atoms with Gasteiger partial charge in [-0.15, -0.1) is 0 Å². The normalized spacial score (nSPS) is 14.6. The smallest absolute Gasteiger partial charge is 0.103 e. The van der Waals surface area contributed by atoms with Gasteiger partial charge in [0.2, 0.25) is 0 Å². The third kappa shape index (κ3) is 6.14. The molecule has 4 heteroatoms. The highest BCUT2D eigenvalue weighted by atomic mass is 16.3. The zero-order chi connectivity index (χ0) is 15.7. The molecular weight excluding hydrogens is 262 g/mol. The first-order valence-electron chi connectivity index (χ1n) is 7.87. The highest BCUT2D eigenvalue weighted by Crippen LogP contribution is 2.24. The summed E-state index contributed by atoms with van der Waals surface area (Å²) in [6.07, 6.45) is 1.82. The zero-order valence-electron chi connectivity index (χ0n) is 13.8. The van der Waals surface area contributed by atoms with Gasteiger partial charge in [0.05, 0.1) is 0 Å². The predicted molar refractivity (Wildman–Crippen MR) is 89.3 cm³/mol. The van der Waals surface area contributed by atoms with Crippen LogP contribution in [-0.2, 0) is 5.60 Å². The predicted octanol–water partition coefficient (Wildman–Crippen LogP) is 1.50. The van der Waals surface area contributed by atoms with E-state index in [1.165, 1.54) is 0 Å². The molecule has 1 aromatic rings. The second-order valence-corrected chi connectivity index (χ2v) is 5.94. The summed E-state index contributed by atoms with van der Waals surface area (Å²) in [4.78, 5) is 4.58. The Hall–Kier alpha value is -0.940. The van der Waals surface area contributed by atoms with Crippen molar-refractivity contribution in [3.63, 3.8) is 0 Å². The third-order valence-electron chi connectivity index (χ3n) is 4.02. The Morgan fingerprint density at radius 3 is 2.29 bits per heavy atom. The van der Waals surface area contributed by atoms with Crippen LogP contribution in [0.25, 0.3) is 0 Å². The molecule has 0 aliphatic carbocycles. The minimum absolute atomic E-state index is 0.256. The SMILES string of the molecule is CCN(CCCN(C)C)CCC(O)(CN)c1ccccc1. The summed E-state index contributed by atoms with van der Waals surface area (Å²) in [5.41, 5.74) is 5.82. The topological polar surface area (TPSA) is 52.7 Å². The van der Waals surface area contributed by atoms with E-state index in [0.717, 1.165) is 38.2 Å². The van der Waals surface area contributed by atoms with Gasteiger partial charge in [-0.2, -0.15) is 0 Å². The van der Waals surface area contributed by atoms with Gasteiger partial charge in [0.1, 0.15) is 5.60 Å². The molecule has 120 valence electrons. The number of nitrogens with two attached hydrogens (primary N) is 1. The summed E-state index contributed by atoms with van der Waals surface area (Å²) in [5.74, 6) is 0. The van der Waals surface area contributed by atoms with Crippen molar-refractivity contribution >= 4 is 0 Å². The lowest BCUT2D eigenvalue weighted by Gasteiger charge is -2.30. The van der Waals surface area contributed by atoms with Crippen molar-refractivity contribution in [2.24, 2.45) is 5.73 Å². The summed E-state index contributed by atoms with van der Waals surface area (Å²) in [6, 6.07) is 9.76. The highest BCUT2D eigenvalue weighted by Gasteiger charge is 2.27. The number of benzene rings is 1. The van der Waals surface area contributed by atoms with Crippen LogP contribution in [0.4, 0.5) is 0 Å². The first-order chi connectivity index (χ1) is 10.0. The van der Waals surface area contributed by atoms with Crippen molar-refractivity contribution in [1.29, 1.82) is 0 Å². The molecular formula is C17H31N3O. The average molecular weight is 293 g/mol. The molecule has 0 amide bonds. The van der Waals surface area contributed by atoms with Crippen LogP contribution in [0.2, 0.25) is 0 Å². The molecule has 0 bridgehead atoms. The molecule has 0 spiro atoms. The number of rotatable bonds is 10. The van der Waals surface area contributed by atoms with Crippen LogP contribution in [0.1, 0.15) is 25.3 Å². The maximum absolute atomic E-state index is 10.8. The molecule has 0 aromatic heterocycles. The molecule has 1 rings (SSSR count). The minimum atomic E-state index is -0.920. The molecule has 0 radical (unpaired) electrons. The van der Waals surface area contributed by atoms with Gasteiger partial charge in [-0.25, -0.2) is 0 Å². The van der Waals surface area contributed by atoms with Crippen molar-refractivity contribution in [3.05, 3.63) is 35.9 Å². The van der Waals surface area contributed by atoms with Gasteiger partial charge in [-0.1, -0.05) is 37.3 Å². The standard InChI is InChI=1S/C17H31N3O/c1-4-20(13-8-12-19(2)3)14-11-17(21,15-18)16-9-6-5-7-10-16/h5-7,9-10,21H,4,8,11-15,18H2,1-3H3. The summed E-state index contributed by atoms with van der Waals surface area (Å²) in [7, 11) is 4.19. The second-order valence-electron chi connectivity index (χ2n) is 5.94. The van der Waals surface area contributed by atoms with E-state index in [-0.39, 0.29) is 6.54 Å². The molecule has 0 saturated heterocycles. The van der Waals surface area contributed by atoms with Gasteiger partial charge in [-0.3, -0.25) is 0 Å². The quantitative estimate of drug-likeness (QED) is 0.686. The second kappa shape index (κ2) is 9.15. The van der Waals surface area contributed by atoms with Gasteiger partial charge in [0, 0.05) is 13.1 Å². The minimum Gasteiger partial charge on any atom is -0.384 e. The molecule has 0 aliphatic rings.